The molecule has 1 saturated carbocycles. The first kappa shape index (κ1) is 24.8. The van der Waals surface area contributed by atoms with Crippen molar-refractivity contribution >= 4 is 51.3 Å². The molecule has 1 saturated heterocycles. The molecule has 2 fully saturated rings. The third-order valence-corrected chi connectivity index (χ3v) is 7.94. The first-order valence-electron chi connectivity index (χ1n) is 10.3. The molecule has 1 aliphatic carbocycles. The molecule has 166 valence electrons. The standard InChI is InChI=1S/C19H33N5O2S2.HI/c1-20-19(21-9-13-28(25,26)23-14-16-6-4-7-16)22-15-17(18-8-5-12-27-18)24-10-2-3-11-24;/h5,8,12,16-17,23H,2-4,6-7,9-11,13-15H2,1H3,(H2,20,21,22);1H. The van der Waals surface area contributed by atoms with Gasteiger partial charge in [-0.15, -0.1) is 35.3 Å². The molecule has 1 aliphatic heterocycles. The van der Waals surface area contributed by atoms with Crippen molar-refractivity contribution in [2.24, 2.45) is 10.9 Å². The summed E-state index contributed by atoms with van der Waals surface area (Å²) in [7, 11) is -1.52. The van der Waals surface area contributed by atoms with Gasteiger partial charge in [0.15, 0.2) is 5.96 Å². The van der Waals surface area contributed by atoms with Crippen LogP contribution < -0.4 is 15.4 Å². The van der Waals surface area contributed by atoms with Gasteiger partial charge < -0.3 is 10.6 Å². The monoisotopic (exact) mass is 555 g/mol. The molecule has 2 aliphatic rings. The molecular formula is C19H34IN5O2S2. The third kappa shape index (κ3) is 7.97. The van der Waals surface area contributed by atoms with E-state index in [2.05, 4.69) is 42.8 Å². The second-order valence-corrected chi connectivity index (χ2v) is 10.5. The van der Waals surface area contributed by atoms with Crippen molar-refractivity contribution in [3.05, 3.63) is 22.4 Å². The summed E-state index contributed by atoms with van der Waals surface area (Å²) in [5.41, 5.74) is 0. The summed E-state index contributed by atoms with van der Waals surface area (Å²) in [4.78, 5) is 8.12. The van der Waals surface area contributed by atoms with Gasteiger partial charge in [0.1, 0.15) is 0 Å². The van der Waals surface area contributed by atoms with Crippen molar-refractivity contribution in [2.45, 2.75) is 38.1 Å². The van der Waals surface area contributed by atoms with E-state index < -0.39 is 10.0 Å². The van der Waals surface area contributed by atoms with Gasteiger partial charge in [-0.05, 0) is 56.1 Å². The first-order valence-corrected chi connectivity index (χ1v) is 12.8. The fourth-order valence-corrected chi connectivity index (χ4v) is 5.54. The van der Waals surface area contributed by atoms with Gasteiger partial charge in [-0.2, -0.15) is 0 Å². The number of hydrogen-bond donors (Lipinski definition) is 3. The van der Waals surface area contributed by atoms with Crippen LogP contribution in [-0.2, 0) is 10.0 Å². The predicted molar refractivity (Wildman–Crippen MR) is 132 cm³/mol. The minimum Gasteiger partial charge on any atom is -0.355 e. The minimum atomic E-state index is -3.24. The van der Waals surface area contributed by atoms with Crippen molar-refractivity contribution in [1.29, 1.82) is 0 Å². The van der Waals surface area contributed by atoms with Crippen LogP contribution in [0.25, 0.3) is 0 Å². The molecule has 0 aromatic carbocycles. The molecule has 1 unspecified atom stereocenters. The summed E-state index contributed by atoms with van der Waals surface area (Å²) in [6.45, 7) is 3.93. The van der Waals surface area contributed by atoms with E-state index in [9.17, 15) is 8.42 Å². The lowest BCUT2D eigenvalue weighted by Crippen LogP contribution is -2.44. The van der Waals surface area contributed by atoms with Crippen molar-refractivity contribution in [3.63, 3.8) is 0 Å². The maximum absolute atomic E-state index is 12.1. The van der Waals surface area contributed by atoms with Crippen LogP contribution in [0.15, 0.2) is 22.5 Å². The van der Waals surface area contributed by atoms with Crippen LogP contribution in [0.2, 0.25) is 0 Å². The number of aliphatic imine (C=N–C) groups is 1. The largest absolute Gasteiger partial charge is 0.355 e. The van der Waals surface area contributed by atoms with Crippen molar-refractivity contribution in [3.8, 4) is 0 Å². The Morgan fingerprint density at radius 1 is 1.28 bits per heavy atom. The number of nitrogens with one attached hydrogen (secondary N) is 3. The third-order valence-electron chi connectivity index (χ3n) is 5.62. The Bertz CT molecular complexity index is 717. The van der Waals surface area contributed by atoms with Gasteiger partial charge in [-0.1, -0.05) is 12.5 Å². The van der Waals surface area contributed by atoms with E-state index >= 15 is 0 Å². The molecule has 0 radical (unpaired) electrons. The zero-order chi connectivity index (χ0) is 19.8. The van der Waals surface area contributed by atoms with Gasteiger partial charge in [-0.3, -0.25) is 9.89 Å². The first-order chi connectivity index (χ1) is 13.6. The molecule has 0 bridgehead atoms. The molecule has 7 nitrogen and oxygen atoms in total. The lowest BCUT2D eigenvalue weighted by Gasteiger charge is -2.27. The Labute approximate surface area is 196 Å². The Morgan fingerprint density at radius 2 is 2.03 bits per heavy atom. The van der Waals surface area contributed by atoms with Crippen LogP contribution in [0, 0.1) is 5.92 Å². The van der Waals surface area contributed by atoms with E-state index in [0.29, 0.717) is 31.0 Å². The number of rotatable bonds is 10. The summed E-state index contributed by atoms with van der Waals surface area (Å²) in [6, 6.07) is 4.61. The summed E-state index contributed by atoms with van der Waals surface area (Å²) in [6.07, 6.45) is 6.00. The molecule has 10 heteroatoms. The number of sulfonamides is 1. The summed E-state index contributed by atoms with van der Waals surface area (Å²) >= 11 is 1.78. The highest BCUT2D eigenvalue weighted by atomic mass is 127. The second kappa shape index (κ2) is 12.4. The molecule has 0 amide bonds. The smallest absolute Gasteiger partial charge is 0.213 e. The highest BCUT2D eigenvalue weighted by Crippen LogP contribution is 2.28. The van der Waals surface area contributed by atoms with Gasteiger partial charge in [0.05, 0.1) is 11.8 Å². The molecule has 3 rings (SSSR count). The lowest BCUT2D eigenvalue weighted by atomic mass is 9.86. The molecular weight excluding hydrogens is 521 g/mol. The van der Waals surface area contributed by atoms with E-state index in [-0.39, 0.29) is 29.7 Å². The van der Waals surface area contributed by atoms with Gasteiger partial charge in [0, 0.05) is 31.6 Å². The molecule has 2 heterocycles. The van der Waals surface area contributed by atoms with E-state index in [4.69, 9.17) is 0 Å². The molecule has 1 aromatic rings. The van der Waals surface area contributed by atoms with Crippen LogP contribution in [-0.4, -0.2) is 64.8 Å². The van der Waals surface area contributed by atoms with Crippen LogP contribution in [0.4, 0.5) is 0 Å². The van der Waals surface area contributed by atoms with Gasteiger partial charge in [0.2, 0.25) is 10.0 Å². The van der Waals surface area contributed by atoms with E-state index in [1.807, 2.05) is 0 Å². The SMILES string of the molecule is CN=C(NCCS(=O)(=O)NCC1CCC1)NCC(c1cccs1)N1CCCC1.I. The van der Waals surface area contributed by atoms with Crippen LogP contribution in [0.5, 0.6) is 0 Å². The Balaban J connectivity index is 0.00000300. The topological polar surface area (TPSA) is 85.8 Å². The fraction of sp³-hybridized carbons (Fsp3) is 0.737. The van der Waals surface area contributed by atoms with Crippen LogP contribution in [0.3, 0.4) is 0 Å². The number of hydrogen-bond acceptors (Lipinski definition) is 5. The zero-order valence-electron chi connectivity index (χ0n) is 17.1. The molecule has 1 aromatic heterocycles. The quantitative estimate of drug-likeness (QED) is 0.235. The van der Waals surface area contributed by atoms with Crippen molar-refractivity contribution in [1.82, 2.24) is 20.3 Å². The van der Waals surface area contributed by atoms with Crippen LogP contribution >= 0.6 is 35.3 Å². The minimum absolute atomic E-state index is 0. The number of guanidine groups is 1. The highest BCUT2D eigenvalue weighted by molar-refractivity contribution is 14.0. The van der Waals surface area contributed by atoms with Gasteiger partial charge in [0.25, 0.3) is 0 Å². The van der Waals surface area contributed by atoms with Crippen molar-refractivity contribution < 1.29 is 8.42 Å². The second-order valence-electron chi connectivity index (χ2n) is 7.62. The highest BCUT2D eigenvalue weighted by Gasteiger charge is 2.24. The summed E-state index contributed by atoms with van der Waals surface area (Å²) < 4.78 is 27.0. The number of halogens is 1. The maximum Gasteiger partial charge on any atom is 0.213 e. The number of nitrogens with zero attached hydrogens (tertiary/aromatic N) is 2. The van der Waals surface area contributed by atoms with Crippen molar-refractivity contribution in [2.75, 3.05) is 45.5 Å². The predicted octanol–water partition coefficient (Wildman–Crippen LogP) is 2.39. The molecule has 1 atom stereocenters. The maximum atomic E-state index is 12.1. The normalized spacial score (nSPS) is 19.4. The lowest BCUT2D eigenvalue weighted by molar-refractivity contribution is 0.249. The van der Waals surface area contributed by atoms with Gasteiger partial charge >= 0.3 is 0 Å². The van der Waals surface area contributed by atoms with Gasteiger partial charge in [-0.25, -0.2) is 13.1 Å². The molecule has 0 spiro atoms. The number of likely N-dealkylation sites (tertiary alicyclic amines) is 1. The van der Waals surface area contributed by atoms with Crippen LogP contribution in [0.1, 0.15) is 43.0 Å². The fourth-order valence-electron chi connectivity index (χ4n) is 3.68. The average molecular weight is 556 g/mol. The average Bonchev–Trinajstić information content (AvgIpc) is 3.33. The van der Waals surface area contributed by atoms with E-state index in [1.54, 1.807) is 18.4 Å². The molecule has 29 heavy (non-hydrogen) atoms. The summed E-state index contributed by atoms with van der Waals surface area (Å²) in [5.74, 6) is 1.23. The Kier molecular flexibility index (Phi) is 10.6. The van der Waals surface area contributed by atoms with E-state index in [0.717, 1.165) is 32.5 Å². The molecule has 3 N–H and O–H groups in total. The number of thiophene rings is 1. The zero-order valence-corrected chi connectivity index (χ0v) is 21.1. The Hall–Kier alpha value is -0.430. The summed E-state index contributed by atoms with van der Waals surface area (Å²) in [5, 5.41) is 8.63. The Morgan fingerprint density at radius 3 is 2.62 bits per heavy atom. The van der Waals surface area contributed by atoms with E-state index in [1.165, 1.54) is 24.1 Å².